The molecule has 1 atom stereocenters. The Hall–Kier alpha value is -1.40. The first kappa shape index (κ1) is 16.0. The number of carbonyl (C=O) groups is 1. The van der Waals surface area contributed by atoms with E-state index in [0.29, 0.717) is 25.1 Å². The summed E-state index contributed by atoms with van der Waals surface area (Å²) in [6.07, 6.45) is 4.11. The number of carboxylic acid groups (broad SMARTS) is 1. The molecule has 0 spiro atoms. The van der Waals surface area contributed by atoms with Crippen LogP contribution in [0, 0.1) is 5.41 Å². The molecule has 21 heavy (non-hydrogen) atoms. The number of rotatable bonds is 5. The SMILES string of the molecule is CC(C)=CCC1(C(=O)O)CCCN(c2nc(CO)cs2)C1. The zero-order valence-corrected chi connectivity index (χ0v) is 13.3. The van der Waals surface area contributed by atoms with E-state index in [1.807, 2.05) is 30.2 Å². The minimum Gasteiger partial charge on any atom is -0.481 e. The molecule has 1 unspecified atom stereocenters. The molecule has 1 saturated heterocycles. The molecule has 1 aromatic rings. The highest BCUT2D eigenvalue weighted by atomic mass is 32.1. The lowest BCUT2D eigenvalue weighted by Gasteiger charge is -2.39. The minimum atomic E-state index is -0.736. The van der Waals surface area contributed by atoms with E-state index in [9.17, 15) is 9.90 Å². The Bertz CT molecular complexity index is 537. The van der Waals surface area contributed by atoms with Gasteiger partial charge < -0.3 is 15.1 Å². The number of anilines is 1. The normalized spacial score (nSPS) is 22.1. The number of piperidine rings is 1. The Labute approximate surface area is 128 Å². The Morgan fingerprint density at radius 2 is 2.33 bits per heavy atom. The van der Waals surface area contributed by atoms with E-state index in [0.717, 1.165) is 23.7 Å². The number of hydrogen-bond acceptors (Lipinski definition) is 5. The third-order valence-corrected chi connectivity index (χ3v) is 4.85. The Balaban J connectivity index is 2.19. The summed E-state index contributed by atoms with van der Waals surface area (Å²) in [7, 11) is 0. The molecule has 0 amide bonds. The van der Waals surface area contributed by atoms with Gasteiger partial charge in [-0.05, 0) is 33.1 Å². The summed E-state index contributed by atoms with van der Waals surface area (Å²) in [5.74, 6) is -0.733. The summed E-state index contributed by atoms with van der Waals surface area (Å²) in [5.41, 5.74) is 1.05. The van der Waals surface area contributed by atoms with Gasteiger partial charge in [0.1, 0.15) is 0 Å². The summed E-state index contributed by atoms with van der Waals surface area (Å²) in [6, 6.07) is 0. The Morgan fingerprint density at radius 1 is 1.57 bits per heavy atom. The molecule has 116 valence electrons. The van der Waals surface area contributed by atoms with E-state index in [-0.39, 0.29) is 6.61 Å². The van der Waals surface area contributed by atoms with Gasteiger partial charge in [-0.15, -0.1) is 11.3 Å². The molecule has 0 bridgehead atoms. The predicted molar refractivity (Wildman–Crippen MR) is 83.6 cm³/mol. The van der Waals surface area contributed by atoms with Crippen LogP contribution >= 0.6 is 11.3 Å². The standard InChI is InChI=1S/C15H22N2O3S/c1-11(2)4-6-15(13(19)20)5-3-7-17(10-15)14-16-12(8-18)9-21-14/h4,9,18H,3,5-8,10H2,1-2H3,(H,19,20). The largest absolute Gasteiger partial charge is 0.481 e. The highest BCUT2D eigenvalue weighted by molar-refractivity contribution is 7.13. The summed E-state index contributed by atoms with van der Waals surface area (Å²) < 4.78 is 0. The average Bonchev–Trinajstić information content (AvgIpc) is 2.94. The van der Waals surface area contributed by atoms with Crippen LogP contribution < -0.4 is 4.90 Å². The van der Waals surface area contributed by atoms with Crippen molar-refractivity contribution in [1.29, 1.82) is 0 Å². The van der Waals surface area contributed by atoms with Gasteiger partial charge >= 0.3 is 5.97 Å². The van der Waals surface area contributed by atoms with Crippen molar-refractivity contribution >= 4 is 22.4 Å². The molecule has 0 aliphatic carbocycles. The second-order valence-corrected chi connectivity index (χ2v) is 6.71. The van der Waals surface area contributed by atoms with Crippen molar-refractivity contribution in [3.8, 4) is 0 Å². The molecule has 6 heteroatoms. The fourth-order valence-corrected chi connectivity index (χ4v) is 3.48. The van der Waals surface area contributed by atoms with Gasteiger partial charge in [0.25, 0.3) is 0 Å². The lowest BCUT2D eigenvalue weighted by atomic mass is 9.77. The van der Waals surface area contributed by atoms with E-state index < -0.39 is 11.4 Å². The van der Waals surface area contributed by atoms with Crippen molar-refractivity contribution in [2.75, 3.05) is 18.0 Å². The van der Waals surface area contributed by atoms with Crippen LogP contribution in [0.1, 0.15) is 38.8 Å². The molecule has 2 heterocycles. The van der Waals surface area contributed by atoms with Gasteiger partial charge in [-0.1, -0.05) is 11.6 Å². The van der Waals surface area contributed by atoms with Crippen molar-refractivity contribution in [2.45, 2.75) is 39.7 Å². The second-order valence-electron chi connectivity index (χ2n) is 5.88. The fourth-order valence-electron chi connectivity index (χ4n) is 2.64. The maximum Gasteiger partial charge on any atom is 0.311 e. The van der Waals surface area contributed by atoms with E-state index in [4.69, 9.17) is 5.11 Å². The second kappa shape index (κ2) is 6.58. The van der Waals surface area contributed by atoms with Crippen molar-refractivity contribution < 1.29 is 15.0 Å². The molecule has 5 nitrogen and oxygen atoms in total. The van der Waals surface area contributed by atoms with Crippen molar-refractivity contribution in [2.24, 2.45) is 5.41 Å². The first-order valence-corrected chi connectivity index (χ1v) is 8.02. The number of aliphatic hydroxyl groups is 1. The summed E-state index contributed by atoms with van der Waals surface area (Å²) in [5, 5.41) is 21.4. The van der Waals surface area contributed by atoms with Crippen LogP contribution in [0.25, 0.3) is 0 Å². The monoisotopic (exact) mass is 310 g/mol. The molecular weight excluding hydrogens is 288 g/mol. The molecule has 0 radical (unpaired) electrons. The van der Waals surface area contributed by atoms with E-state index in [2.05, 4.69) is 4.98 Å². The lowest BCUT2D eigenvalue weighted by Crippen LogP contribution is -2.47. The van der Waals surface area contributed by atoms with Crippen LogP contribution in [0.2, 0.25) is 0 Å². The van der Waals surface area contributed by atoms with Crippen LogP contribution in [0.15, 0.2) is 17.0 Å². The van der Waals surface area contributed by atoms with Gasteiger partial charge in [-0.2, -0.15) is 0 Å². The third-order valence-electron chi connectivity index (χ3n) is 3.90. The van der Waals surface area contributed by atoms with E-state index in [1.54, 1.807) is 0 Å². The number of thiazole rings is 1. The zero-order chi connectivity index (χ0) is 15.5. The minimum absolute atomic E-state index is 0.0772. The molecule has 1 aliphatic heterocycles. The van der Waals surface area contributed by atoms with Crippen LogP contribution in [0.5, 0.6) is 0 Å². The van der Waals surface area contributed by atoms with Gasteiger partial charge in [0, 0.05) is 18.5 Å². The molecule has 1 fully saturated rings. The molecule has 0 saturated carbocycles. The quantitative estimate of drug-likeness (QED) is 0.818. The predicted octanol–water partition coefficient (Wildman–Crippen LogP) is 2.66. The van der Waals surface area contributed by atoms with E-state index in [1.165, 1.54) is 11.3 Å². The maximum absolute atomic E-state index is 11.8. The van der Waals surface area contributed by atoms with Crippen molar-refractivity contribution in [3.63, 3.8) is 0 Å². The first-order valence-electron chi connectivity index (χ1n) is 7.14. The number of hydrogen-bond donors (Lipinski definition) is 2. The number of aliphatic carboxylic acids is 1. The number of aromatic nitrogens is 1. The van der Waals surface area contributed by atoms with E-state index >= 15 is 0 Å². The average molecular weight is 310 g/mol. The van der Waals surface area contributed by atoms with Gasteiger partial charge in [0.05, 0.1) is 17.7 Å². The highest BCUT2D eigenvalue weighted by Crippen LogP contribution is 2.37. The molecule has 2 N–H and O–H groups in total. The smallest absolute Gasteiger partial charge is 0.311 e. The number of allylic oxidation sites excluding steroid dienone is 2. The molecular formula is C15H22N2O3S. The van der Waals surface area contributed by atoms with Crippen molar-refractivity contribution in [1.82, 2.24) is 4.98 Å². The fraction of sp³-hybridized carbons (Fsp3) is 0.600. The van der Waals surface area contributed by atoms with Gasteiger partial charge in [0.15, 0.2) is 5.13 Å². The number of carboxylic acids is 1. The van der Waals surface area contributed by atoms with Crippen LogP contribution in [0.4, 0.5) is 5.13 Å². The Kier molecular flexibility index (Phi) is 5.00. The maximum atomic E-state index is 11.8. The third kappa shape index (κ3) is 3.63. The summed E-state index contributed by atoms with van der Waals surface area (Å²) in [4.78, 5) is 18.2. The number of aliphatic hydroxyl groups excluding tert-OH is 1. The van der Waals surface area contributed by atoms with Gasteiger partial charge in [-0.25, -0.2) is 4.98 Å². The molecule has 1 aromatic heterocycles. The Morgan fingerprint density at radius 3 is 2.90 bits per heavy atom. The summed E-state index contributed by atoms with van der Waals surface area (Å²) in [6.45, 7) is 5.20. The van der Waals surface area contributed by atoms with Crippen LogP contribution in [-0.4, -0.2) is 34.3 Å². The van der Waals surface area contributed by atoms with Gasteiger partial charge in [0.2, 0.25) is 0 Å². The highest BCUT2D eigenvalue weighted by Gasteiger charge is 2.42. The first-order chi connectivity index (χ1) is 9.97. The number of nitrogens with zero attached hydrogens (tertiary/aromatic N) is 2. The summed E-state index contributed by atoms with van der Waals surface area (Å²) >= 11 is 1.46. The molecule has 2 rings (SSSR count). The van der Waals surface area contributed by atoms with Crippen LogP contribution in [-0.2, 0) is 11.4 Å². The lowest BCUT2D eigenvalue weighted by molar-refractivity contribution is -0.149. The van der Waals surface area contributed by atoms with Crippen molar-refractivity contribution in [3.05, 3.63) is 22.7 Å². The van der Waals surface area contributed by atoms with Crippen LogP contribution in [0.3, 0.4) is 0 Å². The molecule has 1 aliphatic rings. The van der Waals surface area contributed by atoms with Gasteiger partial charge in [-0.3, -0.25) is 4.79 Å². The molecule has 0 aromatic carbocycles. The topological polar surface area (TPSA) is 73.7 Å². The zero-order valence-electron chi connectivity index (χ0n) is 12.5.